The number of benzene rings is 1. The van der Waals surface area contributed by atoms with Gasteiger partial charge in [-0.15, -0.1) is 23.2 Å². The Morgan fingerprint density at radius 3 is 1.81 bits per heavy atom. The summed E-state index contributed by atoms with van der Waals surface area (Å²) in [5.41, 5.74) is 2.20. The molecule has 1 saturated heterocycles. The van der Waals surface area contributed by atoms with Crippen LogP contribution in [0.4, 0.5) is 5.69 Å². The number of halogens is 6. The van der Waals surface area contributed by atoms with Crippen LogP contribution in [0.5, 0.6) is 0 Å². The van der Waals surface area contributed by atoms with Crippen molar-refractivity contribution in [1.29, 1.82) is 0 Å². The monoisotopic (exact) mass is 471 g/mol. The molecule has 0 unspecified atom stereocenters. The molecule has 1 aromatic carbocycles. The van der Waals surface area contributed by atoms with Gasteiger partial charge in [-0.2, -0.15) is 0 Å². The minimum Gasteiger partial charge on any atom is -0.274 e. The first-order valence-corrected chi connectivity index (χ1v) is 9.96. The van der Waals surface area contributed by atoms with Gasteiger partial charge in [-0.25, -0.2) is 4.90 Å². The van der Waals surface area contributed by atoms with Crippen LogP contribution in [0.1, 0.15) is 11.1 Å². The molecule has 9 heteroatoms. The Kier molecular flexibility index (Phi) is 4.03. The first kappa shape index (κ1) is 19.2. The van der Waals surface area contributed by atoms with E-state index in [1.165, 1.54) is 0 Å². The van der Waals surface area contributed by atoms with Gasteiger partial charge in [-0.1, -0.05) is 58.5 Å². The molecule has 1 heterocycles. The number of hydrogen-bond donors (Lipinski definition) is 0. The Labute approximate surface area is 180 Å². The van der Waals surface area contributed by atoms with E-state index < -0.39 is 37.7 Å². The SMILES string of the molecule is Cc1cccc(N2C(=O)[C@@H]3[C@@H](C2=O)[C@]2(Cl)C(Cl)=C(Cl)[C@]3(Cl)C2(Cl)Cl)c1C. The van der Waals surface area contributed by atoms with Crippen molar-refractivity contribution in [2.45, 2.75) is 27.9 Å². The third-order valence-electron chi connectivity index (χ3n) is 5.73. The van der Waals surface area contributed by atoms with E-state index in [1.807, 2.05) is 19.9 Å². The van der Waals surface area contributed by atoms with Gasteiger partial charge >= 0.3 is 0 Å². The fourth-order valence-electron chi connectivity index (χ4n) is 4.21. The van der Waals surface area contributed by atoms with Crippen LogP contribution in [-0.4, -0.2) is 25.9 Å². The Balaban J connectivity index is 1.94. The molecule has 4 rings (SSSR count). The van der Waals surface area contributed by atoms with Crippen LogP contribution in [0.2, 0.25) is 0 Å². The zero-order valence-electron chi connectivity index (χ0n) is 13.4. The number of fused-ring (bicyclic) bond motifs is 5. The fourth-order valence-corrected chi connectivity index (χ4v) is 7.14. The van der Waals surface area contributed by atoms with Crippen LogP contribution in [0, 0.1) is 25.7 Å². The maximum atomic E-state index is 13.3. The van der Waals surface area contributed by atoms with Gasteiger partial charge in [0.15, 0.2) is 4.33 Å². The topological polar surface area (TPSA) is 37.4 Å². The molecule has 1 saturated carbocycles. The summed E-state index contributed by atoms with van der Waals surface area (Å²) in [6.07, 6.45) is 0. The van der Waals surface area contributed by atoms with Gasteiger partial charge in [0.2, 0.25) is 11.8 Å². The summed E-state index contributed by atoms with van der Waals surface area (Å²) in [5, 5.41) is -0.183. The fraction of sp³-hybridized carbons (Fsp3) is 0.412. The zero-order valence-corrected chi connectivity index (χ0v) is 18.0. The quantitative estimate of drug-likeness (QED) is 0.412. The average molecular weight is 474 g/mol. The molecular formula is C17H11Cl6NO2. The Morgan fingerprint density at radius 1 is 0.885 bits per heavy atom. The van der Waals surface area contributed by atoms with Crippen molar-refractivity contribution >= 4 is 87.1 Å². The second-order valence-corrected chi connectivity index (χ2v) is 10.1. The van der Waals surface area contributed by atoms with Crippen molar-refractivity contribution in [3.8, 4) is 0 Å². The number of alkyl halides is 4. The first-order valence-electron chi connectivity index (χ1n) is 7.70. The third-order valence-corrected chi connectivity index (χ3v) is 9.98. The third kappa shape index (κ3) is 1.77. The molecule has 3 aliphatic rings. The van der Waals surface area contributed by atoms with Crippen molar-refractivity contribution in [2.24, 2.45) is 11.8 Å². The van der Waals surface area contributed by atoms with Crippen LogP contribution in [0.3, 0.4) is 0 Å². The highest BCUT2D eigenvalue weighted by molar-refractivity contribution is 6.67. The van der Waals surface area contributed by atoms with Crippen LogP contribution in [0.15, 0.2) is 28.3 Å². The van der Waals surface area contributed by atoms with Gasteiger partial charge in [0.05, 0.1) is 27.6 Å². The molecule has 3 nitrogen and oxygen atoms in total. The number of allylic oxidation sites excluding steroid dienone is 2. The van der Waals surface area contributed by atoms with Crippen LogP contribution < -0.4 is 4.90 Å². The lowest BCUT2D eigenvalue weighted by molar-refractivity contribution is -0.123. The van der Waals surface area contributed by atoms with E-state index in [1.54, 1.807) is 12.1 Å². The Bertz CT molecular complexity index is 882. The zero-order chi connectivity index (χ0) is 19.4. The van der Waals surface area contributed by atoms with Crippen molar-refractivity contribution in [3.05, 3.63) is 39.4 Å². The van der Waals surface area contributed by atoms with Crippen molar-refractivity contribution in [1.82, 2.24) is 0 Å². The molecule has 138 valence electrons. The first-order chi connectivity index (χ1) is 11.9. The molecule has 1 aliphatic heterocycles. The van der Waals surface area contributed by atoms with Crippen molar-refractivity contribution in [3.63, 3.8) is 0 Å². The number of aryl methyl sites for hydroxylation is 1. The second-order valence-electron chi connectivity index (χ2n) is 6.81. The summed E-state index contributed by atoms with van der Waals surface area (Å²) in [6, 6.07) is 5.34. The second kappa shape index (κ2) is 5.46. The summed E-state index contributed by atoms with van der Waals surface area (Å²) < 4.78 is -1.91. The van der Waals surface area contributed by atoms with Gasteiger partial charge in [0, 0.05) is 0 Å². The van der Waals surface area contributed by atoms with E-state index in [0.717, 1.165) is 16.0 Å². The molecule has 2 fully saturated rings. The Morgan fingerprint density at radius 2 is 1.35 bits per heavy atom. The molecule has 0 N–H and O–H groups in total. The van der Waals surface area contributed by atoms with Crippen LogP contribution in [-0.2, 0) is 9.59 Å². The highest BCUT2D eigenvalue weighted by atomic mass is 35.5. The molecule has 2 aliphatic carbocycles. The molecule has 2 amide bonds. The lowest BCUT2D eigenvalue weighted by Gasteiger charge is -2.34. The van der Waals surface area contributed by atoms with Gasteiger partial charge in [0.1, 0.15) is 9.75 Å². The van der Waals surface area contributed by atoms with Gasteiger partial charge in [0.25, 0.3) is 0 Å². The molecule has 26 heavy (non-hydrogen) atoms. The summed E-state index contributed by atoms with van der Waals surface area (Å²) in [7, 11) is 0. The number of hydrogen-bond acceptors (Lipinski definition) is 2. The van der Waals surface area contributed by atoms with Crippen molar-refractivity contribution in [2.75, 3.05) is 4.90 Å². The average Bonchev–Trinajstić information content (AvgIpc) is 2.95. The largest absolute Gasteiger partial charge is 0.274 e. The summed E-state index contributed by atoms with van der Waals surface area (Å²) in [6.45, 7) is 3.71. The standard InChI is InChI=1S/C17H11Cl6NO2/c1-6-4-3-5-8(7(6)2)24-13(25)9-10(14(24)26)16(21)12(19)11(18)15(9,20)17(16,22)23/h3-5,9-10H,1-2H3/t9-,10-,15-,16-/m0/s1. The van der Waals surface area contributed by atoms with E-state index >= 15 is 0 Å². The Hall–Kier alpha value is -0.160. The molecule has 0 spiro atoms. The highest BCUT2D eigenvalue weighted by Crippen LogP contribution is 2.77. The lowest BCUT2D eigenvalue weighted by atomic mass is 9.84. The number of carbonyl (C=O) groups is 2. The smallest absolute Gasteiger partial charge is 0.240 e. The molecule has 4 atom stereocenters. The van der Waals surface area contributed by atoms with Gasteiger partial charge < -0.3 is 0 Å². The van der Waals surface area contributed by atoms with Crippen LogP contribution in [0.25, 0.3) is 0 Å². The predicted octanol–water partition coefficient (Wildman–Crippen LogP) is 5.25. The molecule has 1 aromatic rings. The highest BCUT2D eigenvalue weighted by Gasteiger charge is 2.87. The predicted molar refractivity (Wildman–Crippen MR) is 106 cm³/mol. The lowest BCUT2D eigenvalue weighted by Crippen LogP contribution is -2.50. The number of carbonyl (C=O) groups excluding carboxylic acids is 2. The molecular weight excluding hydrogens is 463 g/mol. The molecule has 2 bridgehead atoms. The number of rotatable bonds is 1. The maximum Gasteiger partial charge on any atom is 0.240 e. The van der Waals surface area contributed by atoms with E-state index in [0.29, 0.717) is 5.69 Å². The number of anilines is 1. The maximum absolute atomic E-state index is 13.3. The summed E-state index contributed by atoms with van der Waals surface area (Å²) >= 11 is 38.9. The van der Waals surface area contributed by atoms with E-state index in [2.05, 4.69) is 0 Å². The summed E-state index contributed by atoms with van der Waals surface area (Å²) in [5.74, 6) is -3.31. The minimum absolute atomic E-state index is 0.0916. The van der Waals surface area contributed by atoms with Crippen LogP contribution >= 0.6 is 69.6 Å². The molecule has 0 radical (unpaired) electrons. The normalized spacial score (nSPS) is 37.8. The van der Waals surface area contributed by atoms with Gasteiger partial charge in [-0.05, 0) is 31.0 Å². The number of imide groups is 1. The van der Waals surface area contributed by atoms with Gasteiger partial charge in [-0.3, -0.25) is 9.59 Å². The number of amides is 2. The molecule has 0 aromatic heterocycles. The van der Waals surface area contributed by atoms with E-state index in [4.69, 9.17) is 69.6 Å². The van der Waals surface area contributed by atoms with E-state index in [9.17, 15) is 9.59 Å². The summed E-state index contributed by atoms with van der Waals surface area (Å²) in [4.78, 5) is 24.1. The van der Waals surface area contributed by atoms with E-state index in [-0.39, 0.29) is 10.1 Å². The minimum atomic E-state index is -1.91. The number of nitrogens with zero attached hydrogens (tertiary/aromatic N) is 1. The van der Waals surface area contributed by atoms with Crippen molar-refractivity contribution < 1.29 is 9.59 Å².